The van der Waals surface area contributed by atoms with Crippen LogP contribution >= 0.6 is 0 Å². The van der Waals surface area contributed by atoms with Crippen molar-refractivity contribution in [2.75, 3.05) is 7.05 Å². The van der Waals surface area contributed by atoms with Gasteiger partial charge < -0.3 is 0 Å². The Labute approximate surface area is 186 Å². The highest BCUT2D eigenvalue weighted by Crippen LogP contribution is 2.31. The molecule has 3 aromatic carbocycles. The third-order valence-electron chi connectivity index (χ3n) is 5.52. The molecule has 0 aliphatic heterocycles. The first kappa shape index (κ1) is 21.3. The molecule has 1 aromatic heterocycles. The highest BCUT2D eigenvalue weighted by atomic mass is 16.6. The highest BCUT2D eigenvalue weighted by molar-refractivity contribution is 5.47. The number of nitrogens with zero attached hydrogens (tertiary/aromatic N) is 6. The van der Waals surface area contributed by atoms with Crippen molar-refractivity contribution in [1.29, 1.82) is 0 Å². The molecule has 0 bridgehead atoms. The summed E-state index contributed by atoms with van der Waals surface area (Å²) < 4.78 is 1.78. The van der Waals surface area contributed by atoms with Gasteiger partial charge in [0.1, 0.15) is 0 Å². The van der Waals surface area contributed by atoms with E-state index in [0.717, 1.165) is 27.9 Å². The van der Waals surface area contributed by atoms with Crippen molar-refractivity contribution in [3.63, 3.8) is 0 Å². The second-order valence-corrected chi connectivity index (χ2v) is 7.84. The van der Waals surface area contributed by atoms with Crippen molar-refractivity contribution in [2.45, 2.75) is 26.4 Å². The van der Waals surface area contributed by atoms with E-state index in [0.29, 0.717) is 12.4 Å². The van der Waals surface area contributed by atoms with E-state index in [2.05, 4.69) is 32.6 Å². The van der Waals surface area contributed by atoms with Crippen LogP contribution in [0.5, 0.6) is 0 Å². The lowest BCUT2D eigenvalue weighted by Gasteiger charge is -2.28. The average molecular weight is 428 g/mol. The van der Waals surface area contributed by atoms with E-state index in [1.807, 2.05) is 57.3 Å². The minimum atomic E-state index is -0.396. The van der Waals surface area contributed by atoms with Crippen LogP contribution in [-0.4, -0.2) is 37.1 Å². The van der Waals surface area contributed by atoms with Crippen LogP contribution in [0.15, 0.2) is 72.8 Å². The molecule has 4 aromatic rings. The first-order chi connectivity index (χ1) is 15.5. The zero-order valence-electron chi connectivity index (χ0n) is 18.2. The van der Waals surface area contributed by atoms with E-state index in [-0.39, 0.29) is 11.7 Å². The third kappa shape index (κ3) is 4.26. The van der Waals surface area contributed by atoms with Gasteiger partial charge in [0.2, 0.25) is 0 Å². The molecule has 0 saturated carbocycles. The molecule has 32 heavy (non-hydrogen) atoms. The van der Waals surface area contributed by atoms with Gasteiger partial charge in [-0.1, -0.05) is 60.7 Å². The lowest BCUT2D eigenvalue weighted by molar-refractivity contribution is -0.384. The molecule has 1 heterocycles. The van der Waals surface area contributed by atoms with Gasteiger partial charge in [-0.2, -0.15) is 4.68 Å². The summed E-state index contributed by atoms with van der Waals surface area (Å²) in [5.74, 6) is 0.648. The van der Waals surface area contributed by atoms with Crippen LogP contribution in [0.2, 0.25) is 0 Å². The van der Waals surface area contributed by atoms with Crippen LogP contribution in [0.1, 0.15) is 34.1 Å². The van der Waals surface area contributed by atoms with Gasteiger partial charge in [-0.05, 0) is 53.6 Å². The van der Waals surface area contributed by atoms with Crippen LogP contribution in [0.4, 0.5) is 5.69 Å². The van der Waals surface area contributed by atoms with E-state index in [9.17, 15) is 10.1 Å². The van der Waals surface area contributed by atoms with Crippen molar-refractivity contribution >= 4 is 5.69 Å². The lowest BCUT2D eigenvalue weighted by atomic mass is 10.0. The van der Waals surface area contributed by atoms with Crippen LogP contribution in [-0.2, 0) is 6.54 Å². The zero-order valence-corrected chi connectivity index (χ0v) is 18.2. The summed E-state index contributed by atoms with van der Waals surface area (Å²) in [5, 5.41) is 23.9. The lowest BCUT2D eigenvalue weighted by Crippen LogP contribution is -2.28. The maximum atomic E-state index is 11.2. The summed E-state index contributed by atoms with van der Waals surface area (Å²) in [6, 6.07) is 22.5. The van der Waals surface area contributed by atoms with E-state index in [4.69, 9.17) is 0 Å². The normalized spacial score (nSPS) is 12.1. The standard InChI is InChI=1S/C24H24N6O2/c1-17-8-7-9-18(2)22(17)29-24(25-26-27-29)23(20-12-14-21(15-13-20)30(31)32)28(3)16-19-10-5-4-6-11-19/h4-15,23H,16H2,1-3H3. The minimum absolute atomic E-state index is 0.0487. The molecule has 8 nitrogen and oxygen atoms in total. The number of nitro benzene ring substituents is 1. The molecule has 0 aliphatic carbocycles. The first-order valence-electron chi connectivity index (χ1n) is 10.3. The Balaban J connectivity index is 1.82. The molecule has 0 N–H and O–H groups in total. The summed E-state index contributed by atoms with van der Waals surface area (Å²) in [7, 11) is 2.00. The molecule has 0 fully saturated rings. The number of hydrogen-bond donors (Lipinski definition) is 0. The predicted molar refractivity (Wildman–Crippen MR) is 121 cm³/mol. The first-order valence-corrected chi connectivity index (χ1v) is 10.3. The van der Waals surface area contributed by atoms with Crippen LogP contribution in [0.3, 0.4) is 0 Å². The molecule has 0 radical (unpaired) electrons. The van der Waals surface area contributed by atoms with E-state index < -0.39 is 4.92 Å². The number of nitro groups is 1. The van der Waals surface area contributed by atoms with E-state index in [1.54, 1.807) is 16.8 Å². The largest absolute Gasteiger partial charge is 0.288 e. The number of aryl methyl sites for hydroxylation is 2. The Morgan fingerprint density at radius 3 is 2.25 bits per heavy atom. The zero-order chi connectivity index (χ0) is 22.7. The molecule has 4 rings (SSSR count). The van der Waals surface area contributed by atoms with Crippen LogP contribution < -0.4 is 0 Å². The maximum Gasteiger partial charge on any atom is 0.269 e. The Morgan fingerprint density at radius 1 is 0.969 bits per heavy atom. The quantitative estimate of drug-likeness (QED) is 0.320. The molecule has 8 heteroatoms. The van der Waals surface area contributed by atoms with Crippen molar-refractivity contribution in [3.8, 4) is 5.69 Å². The molecule has 162 valence electrons. The fourth-order valence-corrected chi connectivity index (χ4v) is 4.01. The molecular formula is C24H24N6O2. The fraction of sp³-hybridized carbons (Fsp3) is 0.208. The molecule has 1 unspecified atom stereocenters. The van der Waals surface area contributed by atoms with Gasteiger partial charge in [-0.3, -0.25) is 15.0 Å². The Kier molecular flexibility index (Phi) is 6.04. The Bertz CT molecular complexity index is 1200. The molecule has 0 saturated heterocycles. The SMILES string of the molecule is Cc1cccc(C)c1-n1nnnc1C(c1ccc([N+](=O)[O-])cc1)N(C)Cc1ccccc1. The van der Waals surface area contributed by atoms with Gasteiger partial charge in [-0.15, -0.1) is 5.10 Å². The molecular weight excluding hydrogens is 404 g/mol. The highest BCUT2D eigenvalue weighted by Gasteiger charge is 2.27. The Morgan fingerprint density at radius 2 is 1.62 bits per heavy atom. The van der Waals surface area contributed by atoms with Crippen LogP contribution in [0, 0.1) is 24.0 Å². The second kappa shape index (κ2) is 9.07. The van der Waals surface area contributed by atoms with Crippen LogP contribution in [0.25, 0.3) is 5.69 Å². The van der Waals surface area contributed by atoms with E-state index in [1.165, 1.54) is 12.1 Å². The summed E-state index contributed by atoms with van der Waals surface area (Å²) in [5.41, 5.74) is 5.13. The smallest absolute Gasteiger partial charge is 0.269 e. The number of rotatable bonds is 7. The average Bonchev–Trinajstić information content (AvgIpc) is 3.23. The number of hydrogen-bond acceptors (Lipinski definition) is 6. The fourth-order valence-electron chi connectivity index (χ4n) is 4.01. The topological polar surface area (TPSA) is 90.0 Å². The van der Waals surface area contributed by atoms with Crippen molar-refractivity contribution in [3.05, 3.63) is 111 Å². The number of aromatic nitrogens is 4. The molecule has 1 atom stereocenters. The van der Waals surface area contributed by atoms with Gasteiger partial charge in [-0.25, -0.2) is 0 Å². The van der Waals surface area contributed by atoms with Crippen molar-refractivity contribution in [2.24, 2.45) is 0 Å². The van der Waals surface area contributed by atoms with Gasteiger partial charge in [0.05, 0.1) is 16.7 Å². The van der Waals surface area contributed by atoms with Gasteiger partial charge in [0.25, 0.3) is 5.69 Å². The number of tetrazole rings is 1. The predicted octanol–water partition coefficient (Wildman–Crippen LogP) is 4.41. The van der Waals surface area contributed by atoms with Crippen molar-refractivity contribution < 1.29 is 4.92 Å². The molecule has 0 spiro atoms. The summed E-state index contributed by atoms with van der Waals surface area (Å²) in [6.07, 6.45) is 0. The summed E-state index contributed by atoms with van der Waals surface area (Å²) in [6.45, 7) is 4.72. The molecule has 0 amide bonds. The number of benzene rings is 3. The van der Waals surface area contributed by atoms with Gasteiger partial charge in [0.15, 0.2) is 5.82 Å². The summed E-state index contributed by atoms with van der Waals surface area (Å²) >= 11 is 0. The second-order valence-electron chi connectivity index (χ2n) is 7.84. The number of non-ortho nitro benzene ring substituents is 1. The molecule has 0 aliphatic rings. The number of para-hydroxylation sites is 1. The third-order valence-corrected chi connectivity index (χ3v) is 5.52. The van der Waals surface area contributed by atoms with Gasteiger partial charge in [0, 0.05) is 18.7 Å². The van der Waals surface area contributed by atoms with Crippen molar-refractivity contribution in [1.82, 2.24) is 25.1 Å². The maximum absolute atomic E-state index is 11.2. The Hall–Kier alpha value is -3.91. The van der Waals surface area contributed by atoms with E-state index >= 15 is 0 Å². The van der Waals surface area contributed by atoms with Gasteiger partial charge >= 0.3 is 0 Å². The summed E-state index contributed by atoms with van der Waals surface area (Å²) in [4.78, 5) is 12.9. The minimum Gasteiger partial charge on any atom is -0.288 e. The monoisotopic (exact) mass is 428 g/mol.